The molecule has 1 spiro atoms. The molecule has 7 rings (SSSR count). The van der Waals surface area contributed by atoms with Crippen molar-refractivity contribution in [1.82, 2.24) is 9.88 Å². The first-order valence-corrected chi connectivity index (χ1v) is 13.7. The SMILES string of the molecule is COc1ccc(C(=O)[C@@H]2[C@H](C(=O)c3ccncc3)[C@@]3(C(=O)Nc4ccccc43)[C@@H]3c4ccccc4C=CN23)cc1OC. The van der Waals surface area contributed by atoms with Gasteiger partial charge in [0.2, 0.25) is 5.91 Å². The van der Waals surface area contributed by atoms with Crippen LogP contribution in [0.4, 0.5) is 5.69 Å². The van der Waals surface area contributed by atoms with E-state index in [4.69, 9.17) is 9.47 Å². The lowest BCUT2D eigenvalue weighted by molar-refractivity contribution is -0.122. The Labute approximate surface area is 242 Å². The average Bonchev–Trinajstić information content (AvgIpc) is 3.52. The monoisotopic (exact) mass is 557 g/mol. The lowest BCUT2D eigenvalue weighted by atomic mass is 9.62. The predicted molar refractivity (Wildman–Crippen MR) is 157 cm³/mol. The number of rotatable bonds is 6. The summed E-state index contributed by atoms with van der Waals surface area (Å²) in [6, 6.07) is 21.9. The fraction of sp³-hybridized carbons (Fsp3) is 0.176. The van der Waals surface area contributed by atoms with Crippen molar-refractivity contribution >= 4 is 29.2 Å². The van der Waals surface area contributed by atoms with Crippen molar-refractivity contribution in [2.75, 3.05) is 19.5 Å². The molecule has 0 bridgehead atoms. The number of methoxy groups -OCH3 is 2. The smallest absolute Gasteiger partial charge is 0.238 e. The van der Waals surface area contributed by atoms with Crippen LogP contribution < -0.4 is 14.8 Å². The van der Waals surface area contributed by atoms with Gasteiger partial charge in [-0.15, -0.1) is 0 Å². The van der Waals surface area contributed by atoms with E-state index in [1.165, 1.54) is 14.2 Å². The number of anilines is 1. The van der Waals surface area contributed by atoms with Gasteiger partial charge in [0.15, 0.2) is 23.1 Å². The minimum atomic E-state index is -1.39. The van der Waals surface area contributed by atoms with Gasteiger partial charge in [0.1, 0.15) is 11.5 Å². The molecule has 3 aliphatic heterocycles. The fourth-order valence-electron chi connectivity index (χ4n) is 7.02. The first kappa shape index (κ1) is 25.7. The quantitative estimate of drug-likeness (QED) is 0.330. The maximum Gasteiger partial charge on any atom is 0.238 e. The molecule has 4 atom stereocenters. The minimum absolute atomic E-state index is 0.300. The van der Waals surface area contributed by atoms with Gasteiger partial charge in [0.25, 0.3) is 0 Å². The molecule has 1 amide bonds. The second-order valence-electron chi connectivity index (χ2n) is 10.6. The van der Waals surface area contributed by atoms with E-state index in [0.717, 1.165) is 11.1 Å². The predicted octanol–water partition coefficient (Wildman–Crippen LogP) is 5.08. The number of benzene rings is 3. The number of hydrogen-bond donors (Lipinski definition) is 1. The van der Waals surface area contributed by atoms with E-state index in [9.17, 15) is 14.4 Å². The summed E-state index contributed by atoms with van der Waals surface area (Å²) in [7, 11) is 3.03. The molecule has 1 fully saturated rings. The van der Waals surface area contributed by atoms with Crippen molar-refractivity contribution in [3.63, 3.8) is 0 Å². The van der Waals surface area contributed by atoms with Crippen molar-refractivity contribution in [2.45, 2.75) is 17.5 Å². The van der Waals surface area contributed by atoms with E-state index >= 15 is 0 Å². The standard InChI is InChI=1S/C34H27N3O5/c1-41-26-12-11-22(19-27(26)42-2)31(39)29-28(30(38)21-13-16-35-17-14-21)34(24-9-5-6-10-25(24)36-33(34)40)32-23-8-4-3-7-20(23)15-18-37(29)32/h3-19,28-29,32H,1-2H3,(H,36,40)/t28-,29+,32+,34-/m1/s1. The molecule has 0 unspecified atom stereocenters. The number of nitrogens with zero attached hydrogens (tertiary/aromatic N) is 2. The molecule has 1 saturated heterocycles. The number of hydrogen-bond acceptors (Lipinski definition) is 7. The van der Waals surface area contributed by atoms with E-state index < -0.39 is 23.4 Å². The average molecular weight is 558 g/mol. The van der Waals surface area contributed by atoms with Crippen LogP contribution in [0.3, 0.4) is 0 Å². The Morgan fingerprint density at radius 3 is 2.38 bits per heavy atom. The summed E-state index contributed by atoms with van der Waals surface area (Å²) in [6.07, 6.45) is 6.88. The van der Waals surface area contributed by atoms with Crippen LogP contribution in [0.1, 0.15) is 43.4 Å². The van der Waals surface area contributed by atoms with Crippen molar-refractivity contribution < 1.29 is 23.9 Å². The number of Topliss-reactive ketones (excluding diaryl/α,β-unsaturated/α-hetero) is 2. The van der Waals surface area contributed by atoms with Crippen LogP contribution >= 0.6 is 0 Å². The van der Waals surface area contributed by atoms with Gasteiger partial charge in [-0.2, -0.15) is 0 Å². The van der Waals surface area contributed by atoms with E-state index in [0.29, 0.717) is 33.9 Å². The number of carbonyl (C=O) groups excluding carboxylic acids is 3. The minimum Gasteiger partial charge on any atom is -0.493 e. The zero-order chi connectivity index (χ0) is 29.0. The zero-order valence-corrected chi connectivity index (χ0v) is 23.0. The highest BCUT2D eigenvalue weighted by Crippen LogP contribution is 2.62. The van der Waals surface area contributed by atoms with Crippen LogP contribution in [0.25, 0.3) is 6.08 Å². The molecule has 0 saturated carbocycles. The van der Waals surface area contributed by atoms with Crippen molar-refractivity contribution in [3.8, 4) is 11.5 Å². The maximum atomic E-state index is 14.7. The highest BCUT2D eigenvalue weighted by Gasteiger charge is 2.70. The van der Waals surface area contributed by atoms with Crippen molar-refractivity contribution in [1.29, 1.82) is 0 Å². The van der Waals surface area contributed by atoms with Gasteiger partial charge in [-0.25, -0.2) is 0 Å². The summed E-state index contributed by atoms with van der Waals surface area (Å²) in [5, 5.41) is 3.06. The van der Waals surface area contributed by atoms with Crippen molar-refractivity contribution in [2.24, 2.45) is 5.92 Å². The molecule has 8 heteroatoms. The summed E-state index contributed by atoms with van der Waals surface area (Å²) >= 11 is 0. The molecule has 4 heterocycles. The van der Waals surface area contributed by atoms with Gasteiger partial charge < -0.3 is 19.7 Å². The maximum absolute atomic E-state index is 14.7. The summed E-state index contributed by atoms with van der Waals surface area (Å²) in [6.45, 7) is 0. The summed E-state index contributed by atoms with van der Waals surface area (Å²) in [5.41, 5.74) is 2.49. The molecule has 8 nitrogen and oxygen atoms in total. The van der Waals surface area contributed by atoms with Gasteiger partial charge in [0, 0.05) is 35.4 Å². The second-order valence-corrected chi connectivity index (χ2v) is 10.6. The van der Waals surface area contributed by atoms with Gasteiger partial charge >= 0.3 is 0 Å². The number of amides is 1. The number of para-hydroxylation sites is 1. The number of carbonyl (C=O) groups is 3. The highest BCUT2D eigenvalue weighted by atomic mass is 16.5. The molecule has 0 radical (unpaired) electrons. The third-order valence-electron chi connectivity index (χ3n) is 8.75. The van der Waals surface area contributed by atoms with Crippen LogP contribution in [-0.2, 0) is 10.2 Å². The molecule has 4 aromatic rings. The number of ether oxygens (including phenoxy) is 2. The van der Waals surface area contributed by atoms with Crippen LogP contribution in [0.5, 0.6) is 11.5 Å². The lowest BCUT2D eigenvalue weighted by Crippen LogP contribution is -2.49. The third-order valence-corrected chi connectivity index (χ3v) is 8.75. The first-order valence-electron chi connectivity index (χ1n) is 13.7. The van der Waals surface area contributed by atoms with Gasteiger partial charge in [0.05, 0.1) is 26.2 Å². The summed E-state index contributed by atoms with van der Waals surface area (Å²) < 4.78 is 10.9. The summed E-state index contributed by atoms with van der Waals surface area (Å²) in [5.74, 6) is -1.10. The summed E-state index contributed by atoms with van der Waals surface area (Å²) in [4.78, 5) is 49.9. The topological polar surface area (TPSA) is 97.8 Å². The Morgan fingerprint density at radius 2 is 1.60 bits per heavy atom. The molecule has 3 aromatic carbocycles. The Bertz CT molecular complexity index is 1790. The Hall–Kier alpha value is -5.24. The Balaban J connectivity index is 1.52. The molecule has 3 aliphatic rings. The molecular formula is C34H27N3O5. The molecule has 1 N–H and O–H groups in total. The largest absolute Gasteiger partial charge is 0.493 e. The number of aromatic nitrogens is 1. The number of fused-ring (bicyclic) bond motifs is 6. The second kappa shape index (κ2) is 9.69. The van der Waals surface area contributed by atoms with Gasteiger partial charge in [-0.1, -0.05) is 42.5 Å². The Kier molecular flexibility index (Phi) is 5.93. The highest BCUT2D eigenvalue weighted by molar-refractivity contribution is 6.16. The van der Waals surface area contributed by atoms with Gasteiger partial charge in [-0.05, 0) is 59.2 Å². The zero-order valence-electron chi connectivity index (χ0n) is 23.0. The Morgan fingerprint density at radius 1 is 0.857 bits per heavy atom. The fourth-order valence-corrected chi connectivity index (χ4v) is 7.02. The van der Waals surface area contributed by atoms with Gasteiger partial charge in [-0.3, -0.25) is 19.4 Å². The number of pyridine rings is 1. The van der Waals surface area contributed by atoms with Crippen LogP contribution in [-0.4, -0.2) is 47.6 Å². The van der Waals surface area contributed by atoms with Crippen LogP contribution in [0.15, 0.2) is 97.5 Å². The molecule has 0 aliphatic carbocycles. The van der Waals surface area contributed by atoms with Crippen LogP contribution in [0.2, 0.25) is 0 Å². The first-order chi connectivity index (χ1) is 20.5. The van der Waals surface area contributed by atoms with Crippen LogP contribution in [0, 0.1) is 5.92 Å². The van der Waals surface area contributed by atoms with E-state index in [-0.39, 0.29) is 17.5 Å². The third kappa shape index (κ3) is 3.48. The molecular weight excluding hydrogens is 530 g/mol. The molecule has 208 valence electrons. The van der Waals surface area contributed by atoms with Crippen molar-refractivity contribution in [3.05, 3.63) is 125 Å². The van der Waals surface area contributed by atoms with E-state index in [1.807, 2.05) is 65.7 Å². The lowest BCUT2D eigenvalue weighted by Gasteiger charge is -2.38. The number of nitrogens with one attached hydrogen (secondary N) is 1. The van der Waals surface area contributed by atoms with E-state index in [1.54, 1.807) is 42.7 Å². The number of ketones is 2. The van der Waals surface area contributed by atoms with E-state index in [2.05, 4.69) is 10.3 Å². The molecule has 42 heavy (non-hydrogen) atoms. The normalized spacial score (nSPS) is 23.1. The molecule has 1 aromatic heterocycles.